The Bertz CT molecular complexity index is 1120. The van der Waals surface area contributed by atoms with Gasteiger partial charge < -0.3 is 10.1 Å². The maximum atomic E-state index is 13.7. The SMILES string of the molecule is Cc1ccc(S(=O)(=O)NC2(C(=O)NC(Cc3ccccc3)C(=O)OC(C)(C)C)CCCCC2)cc1. The average Bonchev–Trinajstić information content (AvgIpc) is 2.78. The van der Waals surface area contributed by atoms with Crippen molar-refractivity contribution in [3.63, 3.8) is 0 Å². The Kier molecular flexibility index (Phi) is 8.38. The molecular formula is C27H36N2O5S. The highest BCUT2D eigenvalue weighted by molar-refractivity contribution is 7.89. The van der Waals surface area contributed by atoms with E-state index in [1.54, 1.807) is 32.9 Å². The van der Waals surface area contributed by atoms with E-state index in [0.717, 1.165) is 17.5 Å². The minimum absolute atomic E-state index is 0.105. The maximum Gasteiger partial charge on any atom is 0.329 e. The molecule has 2 N–H and O–H groups in total. The van der Waals surface area contributed by atoms with Crippen LogP contribution in [0.1, 0.15) is 64.0 Å². The highest BCUT2D eigenvalue weighted by atomic mass is 32.2. The van der Waals surface area contributed by atoms with Gasteiger partial charge in [0.2, 0.25) is 15.9 Å². The van der Waals surface area contributed by atoms with Crippen LogP contribution < -0.4 is 10.0 Å². The number of benzene rings is 2. The van der Waals surface area contributed by atoms with E-state index in [4.69, 9.17) is 4.74 Å². The zero-order valence-electron chi connectivity index (χ0n) is 21.0. The van der Waals surface area contributed by atoms with Gasteiger partial charge in [-0.25, -0.2) is 13.2 Å². The second-order valence-electron chi connectivity index (χ2n) is 10.3. The fraction of sp³-hybridized carbons (Fsp3) is 0.481. The van der Waals surface area contributed by atoms with Gasteiger partial charge in [-0.1, -0.05) is 67.3 Å². The van der Waals surface area contributed by atoms with Crippen LogP contribution in [0.3, 0.4) is 0 Å². The number of esters is 1. The molecule has 1 aliphatic carbocycles. The zero-order chi connectivity index (χ0) is 25.7. The number of nitrogens with one attached hydrogen (secondary N) is 2. The lowest BCUT2D eigenvalue weighted by atomic mass is 9.81. The molecule has 3 rings (SSSR count). The minimum Gasteiger partial charge on any atom is -0.458 e. The Morgan fingerprint density at radius 3 is 2.14 bits per heavy atom. The summed E-state index contributed by atoms with van der Waals surface area (Å²) in [6, 6.07) is 14.9. The highest BCUT2D eigenvalue weighted by Gasteiger charge is 2.44. The topological polar surface area (TPSA) is 102 Å². The molecule has 1 atom stereocenters. The van der Waals surface area contributed by atoms with Crippen molar-refractivity contribution in [3.05, 3.63) is 65.7 Å². The molecule has 1 fully saturated rings. The smallest absolute Gasteiger partial charge is 0.329 e. The van der Waals surface area contributed by atoms with Crippen molar-refractivity contribution in [2.45, 2.75) is 88.3 Å². The molecular weight excluding hydrogens is 464 g/mol. The Balaban J connectivity index is 1.88. The number of hydrogen-bond donors (Lipinski definition) is 2. The third-order valence-electron chi connectivity index (χ3n) is 6.08. The van der Waals surface area contributed by atoms with E-state index in [2.05, 4.69) is 10.0 Å². The van der Waals surface area contributed by atoms with Gasteiger partial charge in [0.1, 0.15) is 17.2 Å². The van der Waals surface area contributed by atoms with Crippen LogP contribution >= 0.6 is 0 Å². The largest absolute Gasteiger partial charge is 0.458 e. The normalized spacial score (nSPS) is 16.8. The van der Waals surface area contributed by atoms with Gasteiger partial charge in [-0.2, -0.15) is 4.72 Å². The third kappa shape index (κ3) is 7.39. The Morgan fingerprint density at radius 1 is 0.971 bits per heavy atom. The molecule has 0 spiro atoms. The first kappa shape index (κ1) is 26.9. The van der Waals surface area contributed by atoms with Crippen molar-refractivity contribution in [1.82, 2.24) is 10.0 Å². The number of carbonyl (C=O) groups excluding carboxylic acids is 2. The summed E-state index contributed by atoms with van der Waals surface area (Å²) >= 11 is 0. The maximum absolute atomic E-state index is 13.7. The van der Waals surface area contributed by atoms with Crippen LogP contribution in [0, 0.1) is 6.92 Å². The number of hydrogen-bond acceptors (Lipinski definition) is 5. The first-order chi connectivity index (χ1) is 16.4. The Labute approximate surface area is 208 Å². The summed E-state index contributed by atoms with van der Waals surface area (Å²) in [5.74, 6) is -1.05. The molecule has 0 aromatic heterocycles. The number of rotatable bonds is 8. The van der Waals surface area contributed by atoms with Crippen molar-refractivity contribution < 1.29 is 22.7 Å². The van der Waals surface area contributed by atoms with Gasteiger partial charge in [0, 0.05) is 6.42 Å². The predicted octanol–water partition coefficient (Wildman–Crippen LogP) is 4.05. The monoisotopic (exact) mass is 500 g/mol. The summed E-state index contributed by atoms with van der Waals surface area (Å²) in [4.78, 5) is 26.9. The molecule has 2 aromatic rings. The average molecular weight is 501 g/mol. The molecule has 0 bridgehead atoms. The molecule has 0 saturated heterocycles. The zero-order valence-corrected chi connectivity index (χ0v) is 21.8. The van der Waals surface area contributed by atoms with Crippen LogP contribution in [-0.2, 0) is 30.8 Å². The minimum atomic E-state index is -3.95. The summed E-state index contributed by atoms with van der Waals surface area (Å²) in [6.45, 7) is 7.18. The predicted molar refractivity (Wildman–Crippen MR) is 135 cm³/mol. The lowest BCUT2D eigenvalue weighted by Crippen LogP contribution is -2.62. The number of sulfonamides is 1. The van der Waals surface area contributed by atoms with Crippen molar-refractivity contribution in [2.24, 2.45) is 0 Å². The van der Waals surface area contributed by atoms with Gasteiger partial charge in [-0.3, -0.25) is 4.79 Å². The van der Waals surface area contributed by atoms with Crippen LogP contribution in [0.4, 0.5) is 0 Å². The first-order valence-electron chi connectivity index (χ1n) is 12.1. The quantitative estimate of drug-likeness (QED) is 0.533. The molecule has 0 aliphatic heterocycles. The van der Waals surface area contributed by atoms with Crippen LogP contribution in [-0.4, -0.2) is 37.5 Å². The van der Waals surface area contributed by atoms with Gasteiger partial charge in [0.05, 0.1) is 4.90 Å². The molecule has 190 valence electrons. The van der Waals surface area contributed by atoms with Crippen LogP contribution in [0.15, 0.2) is 59.5 Å². The fourth-order valence-electron chi connectivity index (χ4n) is 4.28. The summed E-state index contributed by atoms with van der Waals surface area (Å²) in [7, 11) is -3.95. The molecule has 1 unspecified atom stereocenters. The molecule has 0 radical (unpaired) electrons. The summed E-state index contributed by atoms with van der Waals surface area (Å²) in [5, 5.41) is 2.84. The lowest BCUT2D eigenvalue weighted by molar-refractivity contribution is -0.159. The summed E-state index contributed by atoms with van der Waals surface area (Å²) < 4.78 is 34.8. The molecule has 2 aromatic carbocycles. The van der Waals surface area contributed by atoms with Crippen LogP contribution in [0.25, 0.3) is 0 Å². The van der Waals surface area contributed by atoms with Gasteiger partial charge in [-0.05, 0) is 58.2 Å². The first-order valence-corrected chi connectivity index (χ1v) is 13.6. The molecule has 7 nitrogen and oxygen atoms in total. The van der Waals surface area contributed by atoms with Gasteiger partial charge in [-0.15, -0.1) is 0 Å². The van der Waals surface area contributed by atoms with E-state index in [1.807, 2.05) is 37.3 Å². The Hall–Kier alpha value is -2.71. The summed E-state index contributed by atoms with van der Waals surface area (Å²) in [6.07, 6.45) is 3.29. The standard InChI is InChI=1S/C27H36N2O5S/c1-20-13-15-22(16-14-20)35(32,33)29-27(17-9-6-10-18-27)25(31)28-23(24(30)34-26(2,3)4)19-21-11-7-5-8-12-21/h5,7-8,11-16,23,29H,6,9-10,17-19H2,1-4H3,(H,28,31). The molecule has 0 heterocycles. The second kappa shape index (κ2) is 10.9. The Morgan fingerprint density at radius 2 is 1.57 bits per heavy atom. The summed E-state index contributed by atoms with van der Waals surface area (Å²) in [5.41, 5.74) is -0.262. The number of ether oxygens (including phenoxy) is 1. The third-order valence-corrected chi connectivity index (χ3v) is 7.63. The van der Waals surface area contributed by atoms with Crippen LogP contribution in [0.5, 0.6) is 0 Å². The molecule has 1 amide bonds. The van der Waals surface area contributed by atoms with E-state index in [9.17, 15) is 18.0 Å². The van der Waals surface area contributed by atoms with E-state index >= 15 is 0 Å². The molecule has 1 saturated carbocycles. The van der Waals surface area contributed by atoms with E-state index in [-0.39, 0.29) is 11.3 Å². The van der Waals surface area contributed by atoms with Crippen molar-refractivity contribution in [2.75, 3.05) is 0 Å². The van der Waals surface area contributed by atoms with E-state index in [1.165, 1.54) is 12.1 Å². The van der Waals surface area contributed by atoms with Crippen molar-refractivity contribution in [3.8, 4) is 0 Å². The van der Waals surface area contributed by atoms with Gasteiger partial charge in [0.15, 0.2) is 0 Å². The van der Waals surface area contributed by atoms with Gasteiger partial charge in [0.25, 0.3) is 0 Å². The number of aryl methyl sites for hydroxylation is 1. The second-order valence-corrected chi connectivity index (χ2v) is 12.0. The lowest BCUT2D eigenvalue weighted by Gasteiger charge is -2.37. The van der Waals surface area contributed by atoms with Crippen LogP contribution in [0.2, 0.25) is 0 Å². The highest BCUT2D eigenvalue weighted by Crippen LogP contribution is 2.31. The molecule has 35 heavy (non-hydrogen) atoms. The van der Waals surface area contributed by atoms with Crippen molar-refractivity contribution in [1.29, 1.82) is 0 Å². The van der Waals surface area contributed by atoms with E-state index in [0.29, 0.717) is 25.7 Å². The molecule has 8 heteroatoms. The van der Waals surface area contributed by atoms with Gasteiger partial charge >= 0.3 is 5.97 Å². The van der Waals surface area contributed by atoms with Crippen molar-refractivity contribution >= 4 is 21.9 Å². The fourth-order valence-corrected chi connectivity index (χ4v) is 5.70. The number of carbonyl (C=O) groups is 2. The van der Waals surface area contributed by atoms with E-state index < -0.39 is 39.1 Å². The number of amides is 1. The molecule has 1 aliphatic rings.